The first-order chi connectivity index (χ1) is 16.5. The van der Waals surface area contributed by atoms with Gasteiger partial charge in [0.2, 0.25) is 0 Å². The molecule has 4 nitrogen and oxygen atoms in total. The zero-order valence-electron chi connectivity index (χ0n) is 20.5. The highest BCUT2D eigenvalue weighted by atomic mass is 17.2. The molecule has 0 aromatic heterocycles. The van der Waals surface area contributed by atoms with Gasteiger partial charge in [0.15, 0.2) is 6.29 Å². The van der Waals surface area contributed by atoms with Gasteiger partial charge in [-0.1, -0.05) is 62.4 Å². The summed E-state index contributed by atoms with van der Waals surface area (Å²) in [4.78, 5) is 12.6. The summed E-state index contributed by atoms with van der Waals surface area (Å²) >= 11 is 0. The summed E-state index contributed by atoms with van der Waals surface area (Å²) in [5, 5.41) is 0. The van der Waals surface area contributed by atoms with Crippen molar-refractivity contribution in [3.8, 4) is 11.1 Å². The second-order valence-electron chi connectivity index (χ2n) is 11.9. The lowest BCUT2D eigenvalue weighted by Crippen LogP contribution is -2.69. The van der Waals surface area contributed by atoms with Gasteiger partial charge in [-0.25, -0.2) is 9.78 Å². The van der Waals surface area contributed by atoms with Crippen LogP contribution in [0.3, 0.4) is 0 Å². The quantitative estimate of drug-likeness (QED) is 0.491. The minimum atomic E-state index is -0.320. The highest BCUT2D eigenvalue weighted by molar-refractivity contribution is 5.78. The molecule has 1 spiro atoms. The second kappa shape index (κ2) is 7.64. The van der Waals surface area contributed by atoms with Gasteiger partial charge in [0.25, 0.3) is 0 Å². The van der Waals surface area contributed by atoms with Crippen LogP contribution < -0.4 is 0 Å². The summed E-state index contributed by atoms with van der Waals surface area (Å²) < 4.78 is 13.6. The van der Waals surface area contributed by atoms with Gasteiger partial charge < -0.3 is 9.47 Å². The average molecular weight is 461 g/mol. The Morgan fingerprint density at radius 3 is 2.32 bits per heavy atom. The molecule has 8 rings (SSSR count). The van der Waals surface area contributed by atoms with Crippen molar-refractivity contribution in [1.29, 1.82) is 0 Å². The molecule has 3 saturated heterocycles. The van der Waals surface area contributed by atoms with E-state index in [-0.39, 0.29) is 35.4 Å². The van der Waals surface area contributed by atoms with Gasteiger partial charge in [0.05, 0.1) is 12.7 Å². The molecule has 0 radical (unpaired) electrons. The molecule has 4 heteroatoms. The van der Waals surface area contributed by atoms with E-state index < -0.39 is 0 Å². The number of ether oxygens (including phenoxy) is 2. The normalized spacial score (nSPS) is 42.6. The first-order valence-electron chi connectivity index (χ1n) is 13.3. The molecule has 34 heavy (non-hydrogen) atoms. The SMILES string of the molecule is C[C@H]1[C@H](OCC2c3ccccc3-c3ccccc32)O[C@@H]2C[C@@]3(C)CC[C@H]4[C@H](C)CC[C@@H]1[C@@]24OO3. The number of benzene rings is 2. The Kier molecular flexibility index (Phi) is 4.84. The molecule has 180 valence electrons. The highest BCUT2D eigenvalue weighted by Crippen LogP contribution is 2.61. The summed E-state index contributed by atoms with van der Waals surface area (Å²) in [7, 11) is 0. The molecule has 2 aromatic rings. The second-order valence-corrected chi connectivity index (χ2v) is 11.9. The Labute approximate surface area is 202 Å². The minimum Gasteiger partial charge on any atom is -0.351 e. The lowest BCUT2D eigenvalue weighted by Gasteiger charge is -2.61. The number of rotatable bonds is 3. The van der Waals surface area contributed by atoms with Gasteiger partial charge in [-0.3, -0.25) is 0 Å². The van der Waals surface area contributed by atoms with Crippen molar-refractivity contribution in [2.75, 3.05) is 6.61 Å². The smallest absolute Gasteiger partial charge is 0.161 e. The monoisotopic (exact) mass is 460 g/mol. The first-order valence-corrected chi connectivity index (χ1v) is 13.3. The summed E-state index contributed by atoms with van der Waals surface area (Å²) in [6.07, 6.45) is 5.36. The lowest BCUT2D eigenvalue weighted by atomic mass is 9.56. The lowest BCUT2D eigenvalue weighted by molar-refractivity contribution is -0.495. The van der Waals surface area contributed by atoms with Gasteiger partial charge >= 0.3 is 0 Å². The van der Waals surface area contributed by atoms with Gasteiger partial charge in [0.1, 0.15) is 11.2 Å². The molecule has 3 aliphatic heterocycles. The van der Waals surface area contributed by atoms with Crippen LogP contribution in [0.2, 0.25) is 0 Å². The Balaban J connectivity index is 1.18. The molecule has 2 aromatic carbocycles. The molecule has 6 aliphatic rings. The van der Waals surface area contributed by atoms with E-state index in [0.717, 1.165) is 19.3 Å². The molecular weight excluding hydrogens is 424 g/mol. The molecule has 0 unspecified atom stereocenters. The van der Waals surface area contributed by atoms with E-state index >= 15 is 0 Å². The summed E-state index contributed by atoms with van der Waals surface area (Å²) in [5.74, 6) is 2.06. The van der Waals surface area contributed by atoms with Crippen molar-refractivity contribution in [3.05, 3.63) is 59.7 Å². The van der Waals surface area contributed by atoms with Gasteiger partial charge in [-0.15, -0.1) is 0 Å². The van der Waals surface area contributed by atoms with Crippen LogP contribution >= 0.6 is 0 Å². The molecule has 2 saturated carbocycles. The molecule has 0 amide bonds. The van der Waals surface area contributed by atoms with Crippen LogP contribution in [-0.4, -0.2) is 30.2 Å². The van der Waals surface area contributed by atoms with Crippen LogP contribution in [0.4, 0.5) is 0 Å². The Hall–Kier alpha value is -1.72. The third kappa shape index (κ3) is 2.92. The van der Waals surface area contributed by atoms with Gasteiger partial charge in [0, 0.05) is 24.2 Å². The first kappa shape index (κ1) is 21.6. The van der Waals surface area contributed by atoms with E-state index in [1.807, 2.05) is 0 Å². The van der Waals surface area contributed by atoms with Gasteiger partial charge in [-0.05, 0) is 66.7 Å². The Morgan fingerprint density at radius 2 is 1.59 bits per heavy atom. The van der Waals surface area contributed by atoms with Crippen LogP contribution in [0.15, 0.2) is 48.5 Å². The predicted octanol–water partition coefficient (Wildman–Crippen LogP) is 6.48. The largest absolute Gasteiger partial charge is 0.351 e. The summed E-state index contributed by atoms with van der Waals surface area (Å²) in [5.41, 5.74) is 4.84. The number of hydrogen-bond acceptors (Lipinski definition) is 4. The molecule has 3 heterocycles. The van der Waals surface area contributed by atoms with Crippen molar-refractivity contribution >= 4 is 0 Å². The fourth-order valence-electron chi connectivity index (χ4n) is 8.24. The molecule has 5 fully saturated rings. The third-order valence-electron chi connectivity index (χ3n) is 10.0. The zero-order valence-corrected chi connectivity index (χ0v) is 20.5. The van der Waals surface area contributed by atoms with E-state index in [1.165, 1.54) is 35.1 Å². The van der Waals surface area contributed by atoms with Crippen LogP contribution in [0, 0.1) is 23.7 Å². The average Bonchev–Trinajstić information content (AvgIpc) is 2.98. The Morgan fingerprint density at radius 1 is 0.882 bits per heavy atom. The van der Waals surface area contributed by atoms with E-state index in [1.54, 1.807) is 0 Å². The topological polar surface area (TPSA) is 36.9 Å². The van der Waals surface area contributed by atoms with Gasteiger partial charge in [-0.2, -0.15) is 0 Å². The van der Waals surface area contributed by atoms with E-state index in [9.17, 15) is 0 Å². The van der Waals surface area contributed by atoms with Crippen LogP contribution in [-0.2, 0) is 19.2 Å². The number of hydrogen-bond donors (Lipinski definition) is 0. The molecular formula is C30H36O4. The predicted molar refractivity (Wildman–Crippen MR) is 130 cm³/mol. The van der Waals surface area contributed by atoms with Crippen molar-refractivity contribution in [2.45, 2.75) is 82.4 Å². The molecule has 2 bridgehead atoms. The maximum atomic E-state index is 6.87. The fraction of sp³-hybridized carbons (Fsp3) is 0.600. The third-order valence-corrected chi connectivity index (χ3v) is 10.0. The summed E-state index contributed by atoms with van der Waals surface area (Å²) in [6, 6.07) is 17.5. The molecule has 8 atom stereocenters. The highest BCUT2D eigenvalue weighted by Gasteiger charge is 2.68. The molecule has 3 aliphatic carbocycles. The van der Waals surface area contributed by atoms with Crippen molar-refractivity contribution in [1.82, 2.24) is 0 Å². The van der Waals surface area contributed by atoms with Crippen LogP contribution in [0.5, 0.6) is 0 Å². The standard InChI is InChI=1S/C30H36O4/c1-18-12-13-26-19(2)28(32-27-16-29(3)15-14-25(18)30(26,27)34-33-29)31-17-24-22-10-6-4-8-20(22)21-9-5-7-11-23(21)24/h4-11,18-19,24-28H,12-17H2,1-3H3/t18-,19-,25+,26+,27-,28-,29-,30-/m1/s1. The summed E-state index contributed by atoms with van der Waals surface area (Å²) in [6.45, 7) is 7.55. The zero-order chi connectivity index (χ0) is 23.1. The van der Waals surface area contributed by atoms with Crippen molar-refractivity contribution < 1.29 is 19.2 Å². The van der Waals surface area contributed by atoms with Crippen molar-refractivity contribution in [2.24, 2.45) is 23.7 Å². The molecule has 0 N–H and O–H groups in total. The van der Waals surface area contributed by atoms with Crippen LogP contribution in [0.25, 0.3) is 11.1 Å². The van der Waals surface area contributed by atoms with E-state index in [0.29, 0.717) is 24.4 Å². The Bertz CT molecular complexity index is 1050. The van der Waals surface area contributed by atoms with E-state index in [2.05, 4.69) is 69.3 Å². The maximum absolute atomic E-state index is 6.87. The minimum absolute atomic E-state index is 0.0378. The van der Waals surface area contributed by atoms with Crippen molar-refractivity contribution in [3.63, 3.8) is 0 Å². The number of fused-ring (bicyclic) bond motifs is 5. The maximum Gasteiger partial charge on any atom is 0.161 e. The van der Waals surface area contributed by atoms with E-state index in [4.69, 9.17) is 19.2 Å². The fourth-order valence-corrected chi connectivity index (χ4v) is 8.24. The van der Waals surface area contributed by atoms with Crippen LogP contribution in [0.1, 0.15) is 69.9 Å².